The number of nitrogens with zero attached hydrogens (tertiary/aromatic N) is 6. The lowest BCUT2D eigenvalue weighted by molar-refractivity contribution is 1.06. The summed E-state index contributed by atoms with van der Waals surface area (Å²) in [5, 5.41) is 0. The molecule has 0 aliphatic rings. The quantitative estimate of drug-likeness (QED) is 0.176. The molecule has 6 nitrogen and oxygen atoms in total. The van der Waals surface area contributed by atoms with Gasteiger partial charge in [-0.2, -0.15) is 0 Å². The molecular formula is C56H62N6. The van der Waals surface area contributed by atoms with Crippen molar-refractivity contribution in [1.29, 1.82) is 0 Å². The molecule has 0 unspecified atom stereocenters. The zero-order chi connectivity index (χ0) is 44.9. The Kier molecular flexibility index (Phi) is 27.3. The second kappa shape index (κ2) is 33.4. The first-order valence-corrected chi connectivity index (χ1v) is 21.3. The average Bonchev–Trinajstić information content (AvgIpc) is 3.39. The van der Waals surface area contributed by atoms with Gasteiger partial charge in [-0.25, -0.2) is 19.9 Å². The Hall–Kier alpha value is -7.44. The number of pyridine rings is 2. The maximum atomic E-state index is 4.66. The Bertz CT molecular complexity index is 1950. The summed E-state index contributed by atoms with van der Waals surface area (Å²) in [6.07, 6.45) is 7.00. The minimum absolute atomic E-state index is 0.777. The molecule has 62 heavy (non-hydrogen) atoms. The average molecular weight is 819 g/mol. The van der Waals surface area contributed by atoms with E-state index in [0.29, 0.717) is 0 Å². The predicted molar refractivity (Wildman–Crippen MR) is 264 cm³/mol. The maximum absolute atomic E-state index is 4.66. The smallest absolute Gasteiger partial charge is 0.160 e. The molecule has 0 atom stereocenters. The SMILES string of the molecule is CC.CC.CC.Cc1cc(-c2ccccc2)nc(-c2ccccc2)n1.Cc1nc(-c2ccccc2)cc(-c2ccccc2)n1.c1ccccc1.c1ccncc1.c1ccncc1. The minimum atomic E-state index is 0.777. The van der Waals surface area contributed by atoms with E-state index in [1.807, 2.05) is 225 Å². The van der Waals surface area contributed by atoms with Gasteiger partial charge in [-0.05, 0) is 50.2 Å². The van der Waals surface area contributed by atoms with Crippen LogP contribution in [0.25, 0.3) is 45.2 Å². The van der Waals surface area contributed by atoms with E-state index in [1.54, 1.807) is 24.8 Å². The Morgan fingerprint density at radius 2 is 0.548 bits per heavy atom. The van der Waals surface area contributed by atoms with Gasteiger partial charge < -0.3 is 0 Å². The molecular weight excluding hydrogens is 757 g/mol. The Morgan fingerprint density at radius 3 is 0.839 bits per heavy atom. The van der Waals surface area contributed by atoms with Gasteiger partial charge in [0.2, 0.25) is 0 Å². The zero-order valence-electron chi connectivity index (χ0n) is 37.6. The van der Waals surface area contributed by atoms with Crippen LogP contribution in [0.15, 0.2) is 231 Å². The maximum Gasteiger partial charge on any atom is 0.160 e. The van der Waals surface area contributed by atoms with Crippen molar-refractivity contribution in [2.75, 3.05) is 0 Å². The fourth-order valence-electron chi connectivity index (χ4n) is 5.13. The van der Waals surface area contributed by atoms with Crippen LogP contribution in [0.1, 0.15) is 53.1 Å². The molecule has 9 aromatic rings. The van der Waals surface area contributed by atoms with E-state index in [-0.39, 0.29) is 0 Å². The van der Waals surface area contributed by atoms with Crippen LogP contribution in [0.2, 0.25) is 0 Å². The van der Waals surface area contributed by atoms with Crippen LogP contribution in [0, 0.1) is 13.8 Å². The van der Waals surface area contributed by atoms with Gasteiger partial charge in [-0.3, -0.25) is 9.97 Å². The number of hydrogen-bond acceptors (Lipinski definition) is 6. The first kappa shape index (κ1) is 50.7. The summed E-state index contributed by atoms with van der Waals surface area (Å²) in [6.45, 7) is 15.9. The van der Waals surface area contributed by atoms with Crippen LogP contribution >= 0.6 is 0 Å². The molecule has 316 valence electrons. The van der Waals surface area contributed by atoms with Gasteiger partial charge in [0, 0.05) is 52.7 Å². The van der Waals surface area contributed by atoms with Crippen molar-refractivity contribution >= 4 is 0 Å². The van der Waals surface area contributed by atoms with E-state index in [9.17, 15) is 0 Å². The van der Waals surface area contributed by atoms with E-state index in [4.69, 9.17) is 0 Å². The normalized spacial score (nSPS) is 8.97. The van der Waals surface area contributed by atoms with Crippen molar-refractivity contribution in [2.24, 2.45) is 0 Å². The van der Waals surface area contributed by atoms with E-state index in [1.165, 1.54) is 0 Å². The largest absolute Gasteiger partial charge is 0.265 e. The lowest BCUT2D eigenvalue weighted by Crippen LogP contribution is -1.94. The van der Waals surface area contributed by atoms with Crippen LogP contribution in [-0.2, 0) is 0 Å². The second-order valence-electron chi connectivity index (χ2n) is 12.1. The third-order valence-electron chi connectivity index (χ3n) is 7.73. The van der Waals surface area contributed by atoms with Crippen molar-refractivity contribution in [2.45, 2.75) is 55.4 Å². The highest BCUT2D eigenvalue weighted by Gasteiger charge is 2.07. The highest BCUT2D eigenvalue weighted by molar-refractivity contribution is 5.68. The standard InChI is InChI=1S/2C17H14N2.C6H6.2C5H5N.3C2H6/c1-13-18-16(14-8-4-2-5-9-14)12-17(19-13)15-10-6-3-7-11-15;1-13-12-16(14-8-4-2-5-9-14)19-17(18-13)15-10-6-3-7-11-15;3*1-2-4-6-5-3-1;3*1-2/h2*2-12H,1H3;1-6H;2*1-5H;3*1-2H3. The van der Waals surface area contributed by atoms with Gasteiger partial charge in [0.05, 0.1) is 17.1 Å². The fraction of sp³-hybridized carbons (Fsp3) is 0.143. The monoisotopic (exact) mass is 819 g/mol. The van der Waals surface area contributed by atoms with Gasteiger partial charge >= 0.3 is 0 Å². The van der Waals surface area contributed by atoms with Gasteiger partial charge in [-0.1, -0.05) is 211 Å². The molecule has 0 spiro atoms. The highest BCUT2D eigenvalue weighted by Crippen LogP contribution is 2.24. The lowest BCUT2D eigenvalue weighted by atomic mass is 10.1. The number of aromatic nitrogens is 6. The molecule has 0 radical (unpaired) electrons. The summed E-state index contributed by atoms with van der Waals surface area (Å²) in [7, 11) is 0. The Morgan fingerprint density at radius 1 is 0.274 bits per heavy atom. The van der Waals surface area contributed by atoms with Crippen molar-refractivity contribution in [3.63, 3.8) is 0 Å². The van der Waals surface area contributed by atoms with Crippen molar-refractivity contribution in [3.05, 3.63) is 243 Å². The molecule has 4 heterocycles. The molecule has 4 aromatic heterocycles. The molecule has 5 aromatic carbocycles. The van der Waals surface area contributed by atoms with Gasteiger partial charge in [0.1, 0.15) is 5.82 Å². The van der Waals surface area contributed by atoms with Gasteiger partial charge in [0.15, 0.2) is 5.82 Å². The summed E-state index contributed by atoms with van der Waals surface area (Å²) in [5.41, 5.74) is 8.27. The summed E-state index contributed by atoms with van der Waals surface area (Å²) in [6, 6.07) is 68.1. The first-order chi connectivity index (χ1) is 30.7. The van der Waals surface area contributed by atoms with Crippen LogP contribution in [0.5, 0.6) is 0 Å². The number of hydrogen-bond donors (Lipinski definition) is 0. The third-order valence-corrected chi connectivity index (χ3v) is 7.73. The second-order valence-corrected chi connectivity index (χ2v) is 12.1. The lowest BCUT2D eigenvalue weighted by Gasteiger charge is -2.06. The molecule has 0 bridgehead atoms. The van der Waals surface area contributed by atoms with Crippen molar-refractivity contribution in [3.8, 4) is 45.2 Å². The molecule has 6 heteroatoms. The van der Waals surface area contributed by atoms with Crippen molar-refractivity contribution < 1.29 is 0 Å². The fourth-order valence-corrected chi connectivity index (χ4v) is 5.13. The molecule has 0 saturated carbocycles. The molecule has 0 amide bonds. The summed E-state index contributed by atoms with van der Waals surface area (Å²) in [5.74, 6) is 1.57. The molecule has 9 rings (SSSR count). The van der Waals surface area contributed by atoms with E-state index in [2.05, 4.69) is 66.3 Å². The molecule has 0 aliphatic carbocycles. The third kappa shape index (κ3) is 20.5. The molecule has 0 fully saturated rings. The van der Waals surface area contributed by atoms with Crippen LogP contribution < -0.4 is 0 Å². The first-order valence-electron chi connectivity index (χ1n) is 21.3. The zero-order valence-corrected chi connectivity index (χ0v) is 37.6. The molecule has 0 saturated heterocycles. The summed E-state index contributed by atoms with van der Waals surface area (Å²) < 4.78 is 0. The number of benzene rings is 5. The number of aryl methyl sites for hydroxylation is 2. The van der Waals surface area contributed by atoms with E-state index < -0.39 is 0 Å². The van der Waals surface area contributed by atoms with E-state index >= 15 is 0 Å². The van der Waals surface area contributed by atoms with Crippen LogP contribution in [0.3, 0.4) is 0 Å². The number of rotatable bonds is 4. The van der Waals surface area contributed by atoms with Gasteiger partial charge in [0.25, 0.3) is 0 Å². The summed E-state index contributed by atoms with van der Waals surface area (Å²) >= 11 is 0. The molecule has 0 aliphatic heterocycles. The topological polar surface area (TPSA) is 77.3 Å². The van der Waals surface area contributed by atoms with Crippen LogP contribution in [-0.4, -0.2) is 29.9 Å². The molecule has 0 N–H and O–H groups in total. The Balaban J connectivity index is 0.000000283. The van der Waals surface area contributed by atoms with Crippen molar-refractivity contribution in [1.82, 2.24) is 29.9 Å². The van der Waals surface area contributed by atoms with Gasteiger partial charge in [-0.15, -0.1) is 0 Å². The van der Waals surface area contributed by atoms with E-state index in [0.717, 1.165) is 56.7 Å². The predicted octanol–water partition coefficient (Wildman–Crippen LogP) is 15.2. The van der Waals surface area contributed by atoms with Crippen LogP contribution in [0.4, 0.5) is 0 Å². The Labute approximate surface area is 371 Å². The highest BCUT2D eigenvalue weighted by atomic mass is 14.9. The summed E-state index contributed by atoms with van der Waals surface area (Å²) in [4.78, 5) is 25.8. The minimum Gasteiger partial charge on any atom is -0.265 e.